The van der Waals surface area contributed by atoms with Crippen molar-refractivity contribution in [3.63, 3.8) is 0 Å². The zero-order valence-electron chi connectivity index (χ0n) is 22.4. The Kier molecular flexibility index (Phi) is 15.5. The molecule has 0 saturated carbocycles. The first-order valence-electron chi connectivity index (χ1n) is 13.3. The van der Waals surface area contributed by atoms with Crippen LogP contribution < -0.4 is 16.0 Å². The number of hydrogen-bond acceptors (Lipinski definition) is 4. The van der Waals surface area contributed by atoms with Crippen molar-refractivity contribution in [2.45, 2.75) is 105 Å². The third kappa shape index (κ3) is 13.2. The third-order valence-corrected chi connectivity index (χ3v) is 6.53. The van der Waals surface area contributed by atoms with Crippen LogP contribution in [0.1, 0.15) is 91.5 Å². The summed E-state index contributed by atoms with van der Waals surface area (Å²) in [4.78, 5) is 37.8. The summed E-state index contributed by atoms with van der Waals surface area (Å²) in [6.07, 6.45) is 6.32. The predicted octanol–water partition coefficient (Wildman–Crippen LogP) is 5.34. The van der Waals surface area contributed by atoms with Gasteiger partial charge in [0.05, 0.1) is 0 Å². The van der Waals surface area contributed by atoms with E-state index in [9.17, 15) is 14.4 Å². The molecule has 3 N–H and O–H groups in total. The molecule has 1 aromatic carbocycles. The molecule has 3 amide bonds. The van der Waals surface area contributed by atoms with Crippen LogP contribution in [0.4, 0.5) is 4.79 Å². The van der Waals surface area contributed by atoms with Gasteiger partial charge in [-0.25, -0.2) is 4.79 Å². The maximum atomic E-state index is 13.2. The van der Waals surface area contributed by atoms with E-state index >= 15 is 0 Å². The normalized spacial score (nSPS) is 14.3. The summed E-state index contributed by atoms with van der Waals surface area (Å²) in [5.41, 5.74) is 0.888. The van der Waals surface area contributed by atoms with E-state index < -0.39 is 12.1 Å². The smallest absolute Gasteiger partial charge is 0.408 e. The highest BCUT2D eigenvalue weighted by Crippen LogP contribution is 2.12. The second-order valence-electron chi connectivity index (χ2n) is 9.63. The number of rotatable bonds is 17. The highest BCUT2D eigenvalue weighted by molar-refractivity contribution is 5.86. The average molecular weight is 490 g/mol. The van der Waals surface area contributed by atoms with Gasteiger partial charge in [-0.3, -0.25) is 9.59 Å². The standard InChI is InChI=1S/C28H47N3O4/c1-6-9-11-16-24(17-18-29-25(32)19-21(4)7-2)30-27(33)26(22(5)8-3)31-28(34)35-20-23-14-12-10-13-15-23/h10,12-15,21-22,24,26H,6-9,11,16-20H2,1-5H3,(H,29,32)(H,30,33)(H,31,34). The molecule has 7 nitrogen and oxygen atoms in total. The first kappa shape index (κ1) is 30.5. The number of unbranched alkanes of at least 4 members (excludes halogenated alkanes) is 2. The minimum atomic E-state index is -0.683. The van der Waals surface area contributed by atoms with Gasteiger partial charge < -0.3 is 20.7 Å². The van der Waals surface area contributed by atoms with Crippen LogP contribution in [0.3, 0.4) is 0 Å². The minimum Gasteiger partial charge on any atom is -0.445 e. The van der Waals surface area contributed by atoms with Crippen LogP contribution in [0.5, 0.6) is 0 Å². The third-order valence-electron chi connectivity index (χ3n) is 6.53. The molecule has 0 bridgehead atoms. The number of nitrogens with one attached hydrogen (secondary N) is 3. The zero-order valence-corrected chi connectivity index (χ0v) is 22.4. The molecule has 0 aliphatic rings. The molecule has 0 fully saturated rings. The Bertz CT molecular complexity index is 741. The molecule has 4 atom stereocenters. The highest BCUT2D eigenvalue weighted by atomic mass is 16.5. The van der Waals surface area contributed by atoms with E-state index in [1.807, 2.05) is 44.2 Å². The molecule has 1 rings (SSSR count). The molecule has 0 saturated heterocycles. The van der Waals surface area contributed by atoms with Gasteiger partial charge in [0.25, 0.3) is 0 Å². The van der Waals surface area contributed by atoms with Crippen molar-refractivity contribution < 1.29 is 19.1 Å². The van der Waals surface area contributed by atoms with Crippen molar-refractivity contribution in [1.29, 1.82) is 0 Å². The molecule has 0 spiro atoms. The fourth-order valence-corrected chi connectivity index (χ4v) is 3.73. The van der Waals surface area contributed by atoms with Gasteiger partial charge in [0.1, 0.15) is 12.6 Å². The van der Waals surface area contributed by atoms with E-state index in [0.717, 1.165) is 44.1 Å². The predicted molar refractivity (Wildman–Crippen MR) is 141 cm³/mol. The minimum absolute atomic E-state index is 0.0502. The molecular formula is C28H47N3O4. The Morgan fingerprint density at radius 1 is 0.914 bits per heavy atom. The van der Waals surface area contributed by atoms with Crippen LogP contribution in [0.15, 0.2) is 30.3 Å². The van der Waals surface area contributed by atoms with Gasteiger partial charge in [-0.2, -0.15) is 0 Å². The molecule has 7 heteroatoms. The van der Waals surface area contributed by atoms with E-state index in [2.05, 4.69) is 36.7 Å². The van der Waals surface area contributed by atoms with Gasteiger partial charge >= 0.3 is 6.09 Å². The van der Waals surface area contributed by atoms with Gasteiger partial charge in [-0.05, 0) is 30.2 Å². The van der Waals surface area contributed by atoms with E-state index in [1.165, 1.54) is 0 Å². The second-order valence-corrected chi connectivity index (χ2v) is 9.63. The molecule has 198 valence electrons. The summed E-state index contributed by atoms with van der Waals surface area (Å²) in [7, 11) is 0. The Hall–Kier alpha value is -2.57. The molecule has 0 heterocycles. The zero-order chi connectivity index (χ0) is 26.1. The van der Waals surface area contributed by atoms with Gasteiger partial charge in [0.15, 0.2) is 0 Å². The maximum absolute atomic E-state index is 13.2. The van der Waals surface area contributed by atoms with Crippen molar-refractivity contribution in [3.8, 4) is 0 Å². The average Bonchev–Trinajstić information content (AvgIpc) is 2.85. The lowest BCUT2D eigenvalue weighted by atomic mass is 9.97. The number of benzene rings is 1. The van der Waals surface area contributed by atoms with Gasteiger partial charge in [0, 0.05) is 19.0 Å². The van der Waals surface area contributed by atoms with Crippen LogP contribution in [0.25, 0.3) is 0 Å². The van der Waals surface area contributed by atoms with E-state index in [4.69, 9.17) is 4.74 Å². The number of hydrogen-bond donors (Lipinski definition) is 3. The van der Waals surface area contributed by atoms with Crippen molar-refractivity contribution in [3.05, 3.63) is 35.9 Å². The van der Waals surface area contributed by atoms with Gasteiger partial charge in [-0.1, -0.05) is 97.1 Å². The summed E-state index contributed by atoms with van der Waals surface area (Å²) in [6, 6.07) is 8.70. The Labute approximate surface area is 212 Å². The van der Waals surface area contributed by atoms with Crippen LogP contribution in [-0.2, 0) is 20.9 Å². The lowest BCUT2D eigenvalue weighted by Gasteiger charge is -2.27. The number of amides is 3. The molecule has 4 unspecified atom stereocenters. The lowest BCUT2D eigenvalue weighted by Crippen LogP contribution is -2.53. The van der Waals surface area contributed by atoms with E-state index in [0.29, 0.717) is 25.3 Å². The first-order valence-corrected chi connectivity index (χ1v) is 13.3. The topological polar surface area (TPSA) is 96.5 Å². The van der Waals surface area contributed by atoms with E-state index in [1.54, 1.807) is 0 Å². The van der Waals surface area contributed by atoms with Crippen molar-refractivity contribution in [1.82, 2.24) is 16.0 Å². The van der Waals surface area contributed by atoms with Gasteiger partial charge in [0.2, 0.25) is 11.8 Å². The first-order chi connectivity index (χ1) is 16.8. The fourth-order valence-electron chi connectivity index (χ4n) is 3.73. The summed E-state index contributed by atoms with van der Waals surface area (Å²) < 4.78 is 5.34. The highest BCUT2D eigenvalue weighted by Gasteiger charge is 2.28. The number of carbonyl (C=O) groups is 3. The molecule has 35 heavy (non-hydrogen) atoms. The van der Waals surface area contributed by atoms with E-state index in [-0.39, 0.29) is 30.4 Å². The Morgan fingerprint density at radius 3 is 2.26 bits per heavy atom. The quantitative estimate of drug-likeness (QED) is 0.258. The number of ether oxygens (including phenoxy) is 1. The second kappa shape index (κ2) is 17.8. The van der Waals surface area contributed by atoms with Crippen LogP contribution >= 0.6 is 0 Å². The molecule has 0 aliphatic heterocycles. The van der Waals surface area contributed by atoms with Crippen LogP contribution in [-0.4, -0.2) is 36.5 Å². The van der Waals surface area contributed by atoms with Crippen molar-refractivity contribution >= 4 is 17.9 Å². The summed E-state index contributed by atoms with van der Waals surface area (Å²) in [5, 5.41) is 8.90. The van der Waals surface area contributed by atoms with Crippen LogP contribution in [0, 0.1) is 11.8 Å². The molecule has 0 radical (unpaired) electrons. The fraction of sp³-hybridized carbons (Fsp3) is 0.679. The van der Waals surface area contributed by atoms with Crippen molar-refractivity contribution in [2.24, 2.45) is 11.8 Å². The molecule has 0 aliphatic carbocycles. The Balaban J connectivity index is 2.68. The van der Waals surface area contributed by atoms with Crippen molar-refractivity contribution in [2.75, 3.05) is 6.54 Å². The lowest BCUT2D eigenvalue weighted by molar-refractivity contribution is -0.125. The summed E-state index contributed by atoms with van der Waals surface area (Å²) in [6.45, 7) is 10.9. The summed E-state index contributed by atoms with van der Waals surface area (Å²) in [5.74, 6) is 0.159. The molecular weight excluding hydrogens is 442 g/mol. The monoisotopic (exact) mass is 489 g/mol. The largest absolute Gasteiger partial charge is 0.445 e. The van der Waals surface area contributed by atoms with Gasteiger partial charge in [-0.15, -0.1) is 0 Å². The molecule has 0 aromatic heterocycles. The van der Waals surface area contributed by atoms with Crippen LogP contribution in [0.2, 0.25) is 0 Å². The maximum Gasteiger partial charge on any atom is 0.408 e. The number of carbonyl (C=O) groups excluding carboxylic acids is 3. The number of alkyl carbamates (subject to hydrolysis) is 1. The molecule has 1 aromatic rings. The summed E-state index contributed by atoms with van der Waals surface area (Å²) >= 11 is 0. The Morgan fingerprint density at radius 2 is 1.63 bits per heavy atom. The SMILES string of the molecule is CCCCCC(CCNC(=O)CC(C)CC)NC(=O)C(NC(=O)OCc1ccccc1)C(C)CC.